The number of hydrogen-bond acceptors (Lipinski definition) is 4. The van der Waals surface area contributed by atoms with Gasteiger partial charge in [0.1, 0.15) is 0 Å². The van der Waals surface area contributed by atoms with Crippen molar-refractivity contribution < 1.29 is 4.79 Å². The van der Waals surface area contributed by atoms with Crippen molar-refractivity contribution in [3.63, 3.8) is 0 Å². The van der Waals surface area contributed by atoms with Crippen molar-refractivity contribution in [3.8, 4) is 0 Å². The van der Waals surface area contributed by atoms with Crippen molar-refractivity contribution in [3.05, 3.63) is 0 Å². The number of alkyl halides is 1. The Balaban J connectivity index is 1.97. The fraction of sp³-hybridized carbons (Fsp3) is 0.900. The number of unbranched alkanes of at least 4 members (excludes halogenated alkanes) is 1. The lowest BCUT2D eigenvalue weighted by Gasteiger charge is -2.34. The lowest BCUT2D eigenvalue weighted by atomic mass is 10.2. The lowest BCUT2D eigenvalue weighted by molar-refractivity contribution is 0.0970. The van der Waals surface area contributed by atoms with Crippen LogP contribution >= 0.6 is 45.2 Å². The van der Waals surface area contributed by atoms with Gasteiger partial charge in [-0.3, -0.25) is 4.79 Å². The second-order valence-corrected chi connectivity index (χ2v) is 5.77. The number of piperazine rings is 1. The number of rotatable bonds is 7. The molecule has 1 aliphatic rings. The molecule has 0 atom stereocenters. The molecule has 1 fully saturated rings. The fourth-order valence-electron chi connectivity index (χ4n) is 1.86. The zero-order valence-corrected chi connectivity index (χ0v) is 14.2. The number of nitrogens with one attached hydrogen (secondary N) is 2. The van der Waals surface area contributed by atoms with Gasteiger partial charge in [0.2, 0.25) is 0 Å². The number of nitrogens with zero attached hydrogens (tertiary/aromatic N) is 2. The molecule has 1 heterocycles. The molecule has 5 nitrogen and oxygen atoms in total. The van der Waals surface area contributed by atoms with E-state index in [-0.39, 0.29) is 3.91 Å². The second kappa shape index (κ2) is 9.70. The Morgan fingerprint density at radius 3 is 2.47 bits per heavy atom. The van der Waals surface area contributed by atoms with Crippen LogP contribution in [0.15, 0.2) is 0 Å². The van der Waals surface area contributed by atoms with Gasteiger partial charge >= 0.3 is 0 Å². The number of amides is 1. The summed E-state index contributed by atoms with van der Waals surface area (Å²) in [6, 6.07) is 0. The van der Waals surface area contributed by atoms with Gasteiger partial charge < -0.3 is 10.2 Å². The molecule has 0 aromatic heterocycles. The molecule has 17 heavy (non-hydrogen) atoms. The quantitative estimate of drug-likeness (QED) is 0.196. The van der Waals surface area contributed by atoms with E-state index in [2.05, 4.69) is 43.2 Å². The second-order valence-electron chi connectivity index (χ2n) is 4.03. The zero-order valence-electron chi connectivity index (χ0n) is 9.92. The van der Waals surface area contributed by atoms with Crippen LogP contribution in [0.1, 0.15) is 12.8 Å². The first kappa shape index (κ1) is 15.9. The summed E-state index contributed by atoms with van der Waals surface area (Å²) in [5, 5.41) is 5.11. The minimum Gasteiger partial charge on any atom is -0.348 e. The summed E-state index contributed by atoms with van der Waals surface area (Å²) in [7, 11) is 0. The van der Waals surface area contributed by atoms with Crippen LogP contribution in [-0.2, 0) is 0 Å². The molecule has 0 bridgehead atoms. The van der Waals surface area contributed by atoms with Crippen LogP contribution in [-0.4, -0.2) is 57.6 Å². The third-order valence-electron chi connectivity index (χ3n) is 2.82. The lowest BCUT2D eigenvalue weighted by Crippen LogP contribution is -2.51. The van der Waals surface area contributed by atoms with E-state index < -0.39 is 0 Å². The molecule has 7 heteroatoms. The van der Waals surface area contributed by atoms with Gasteiger partial charge in [0.15, 0.2) is 0 Å². The number of carbonyl (C=O) groups is 1. The first-order chi connectivity index (χ1) is 8.22. The largest absolute Gasteiger partial charge is 0.348 e. The molecular formula is C10H20I2N4O. The SMILES string of the molecule is O=C(I)NCCCCN1CCN(NCI)CC1. The van der Waals surface area contributed by atoms with E-state index in [9.17, 15) is 4.79 Å². The summed E-state index contributed by atoms with van der Waals surface area (Å²) < 4.78 is 1.02. The summed E-state index contributed by atoms with van der Waals surface area (Å²) in [6.07, 6.45) is 2.23. The van der Waals surface area contributed by atoms with Crippen LogP contribution in [0.25, 0.3) is 0 Å². The summed E-state index contributed by atoms with van der Waals surface area (Å²) in [4.78, 5) is 13.2. The van der Waals surface area contributed by atoms with Crippen molar-refractivity contribution in [1.29, 1.82) is 0 Å². The van der Waals surface area contributed by atoms with Crippen molar-refractivity contribution in [2.75, 3.05) is 43.8 Å². The van der Waals surface area contributed by atoms with Gasteiger partial charge in [-0.15, -0.1) is 0 Å². The van der Waals surface area contributed by atoms with E-state index in [1.54, 1.807) is 22.6 Å². The Morgan fingerprint density at radius 2 is 1.88 bits per heavy atom. The fourth-order valence-corrected chi connectivity index (χ4v) is 2.61. The molecule has 0 radical (unpaired) electrons. The molecule has 0 aromatic rings. The van der Waals surface area contributed by atoms with Crippen molar-refractivity contribution >= 4 is 49.1 Å². The predicted octanol–water partition coefficient (Wildman–Crippen LogP) is 1.43. The predicted molar refractivity (Wildman–Crippen MR) is 86.7 cm³/mol. The highest BCUT2D eigenvalue weighted by molar-refractivity contribution is 14.1. The molecule has 2 N–H and O–H groups in total. The molecule has 0 aromatic carbocycles. The molecule has 1 saturated heterocycles. The van der Waals surface area contributed by atoms with Crippen LogP contribution in [0.2, 0.25) is 0 Å². The molecule has 0 aliphatic carbocycles. The summed E-state index contributed by atoms with van der Waals surface area (Å²) in [5.74, 6) is 0. The normalized spacial score (nSPS) is 18.2. The Bertz CT molecular complexity index is 222. The van der Waals surface area contributed by atoms with Crippen LogP contribution in [0.5, 0.6) is 0 Å². The summed E-state index contributed by atoms with van der Waals surface area (Å²) in [5.41, 5.74) is 3.34. The number of carbonyl (C=O) groups excluding carboxylic acids is 1. The van der Waals surface area contributed by atoms with Crippen LogP contribution in [0.3, 0.4) is 0 Å². The van der Waals surface area contributed by atoms with Gasteiger partial charge in [-0.1, -0.05) is 22.6 Å². The van der Waals surface area contributed by atoms with Gasteiger partial charge in [0, 0.05) is 55.3 Å². The van der Waals surface area contributed by atoms with E-state index in [4.69, 9.17) is 0 Å². The number of hydrazine groups is 1. The minimum atomic E-state index is 0.0427. The highest BCUT2D eigenvalue weighted by Crippen LogP contribution is 2.02. The van der Waals surface area contributed by atoms with Crippen LogP contribution < -0.4 is 10.7 Å². The third-order valence-corrected chi connectivity index (χ3v) is 3.54. The van der Waals surface area contributed by atoms with Gasteiger partial charge in [-0.05, 0) is 19.4 Å². The van der Waals surface area contributed by atoms with Crippen LogP contribution in [0.4, 0.5) is 4.79 Å². The zero-order chi connectivity index (χ0) is 12.5. The Kier molecular flexibility index (Phi) is 9.06. The topological polar surface area (TPSA) is 47.6 Å². The van der Waals surface area contributed by atoms with Gasteiger partial charge in [-0.2, -0.15) is 0 Å². The molecular weight excluding hydrogens is 446 g/mol. The van der Waals surface area contributed by atoms with Crippen molar-refractivity contribution in [2.45, 2.75) is 12.8 Å². The Hall–Kier alpha value is 0.810. The molecule has 1 amide bonds. The van der Waals surface area contributed by atoms with Gasteiger partial charge in [0.25, 0.3) is 3.91 Å². The maximum atomic E-state index is 10.7. The molecule has 100 valence electrons. The van der Waals surface area contributed by atoms with Gasteiger partial charge in [-0.25, -0.2) is 10.4 Å². The molecule has 1 aliphatic heterocycles. The average Bonchev–Trinajstić information content (AvgIpc) is 2.31. The Morgan fingerprint density at radius 1 is 1.18 bits per heavy atom. The summed E-state index contributed by atoms with van der Waals surface area (Å²) in [6.45, 7) is 6.44. The van der Waals surface area contributed by atoms with E-state index >= 15 is 0 Å². The van der Waals surface area contributed by atoms with E-state index in [1.165, 1.54) is 0 Å². The van der Waals surface area contributed by atoms with Crippen LogP contribution in [0, 0.1) is 0 Å². The van der Waals surface area contributed by atoms with Gasteiger partial charge in [0.05, 0.1) is 4.55 Å². The summed E-state index contributed by atoms with van der Waals surface area (Å²) >= 11 is 4.10. The highest BCUT2D eigenvalue weighted by Gasteiger charge is 2.15. The molecule has 0 saturated carbocycles. The average molecular weight is 466 g/mol. The highest BCUT2D eigenvalue weighted by atomic mass is 127. The first-order valence-electron chi connectivity index (χ1n) is 5.92. The maximum absolute atomic E-state index is 10.7. The number of halogens is 2. The smallest absolute Gasteiger partial charge is 0.280 e. The van der Waals surface area contributed by atoms with E-state index in [0.717, 1.165) is 56.7 Å². The monoisotopic (exact) mass is 466 g/mol. The standard InChI is InChI=1S/C10H20I2N4O/c11-9-14-16-7-5-15(6-8-16)4-2-1-3-13-10(12)17/h14H,1-9H2,(H,13,17). The molecule has 0 spiro atoms. The minimum absolute atomic E-state index is 0.0427. The van der Waals surface area contributed by atoms with E-state index in [1.807, 2.05) is 0 Å². The maximum Gasteiger partial charge on any atom is 0.280 e. The van der Waals surface area contributed by atoms with Crippen molar-refractivity contribution in [2.24, 2.45) is 0 Å². The Labute approximate surface area is 130 Å². The first-order valence-corrected chi connectivity index (χ1v) is 8.53. The van der Waals surface area contributed by atoms with E-state index in [0.29, 0.717) is 0 Å². The molecule has 1 rings (SSSR count). The molecule has 0 unspecified atom stereocenters. The number of hydrogen-bond donors (Lipinski definition) is 2. The van der Waals surface area contributed by atoms with Crippen molar-refractivity contribution in [1.82, 2.24) is 20.7 Å². The third kappa shape index (κ3) is 7.75.